The summed E-state index contributed by atoms with van der Waals surface area (Å²) in [6.07, 6.45) is 0.250. The molecular formula is C11H13ClO3. The van der Waals surface area contributed by atoms with Gasteiger partial charge in [0.2, 0.25) is 0 Å². The molecule has 1 rings (SSSR count). The highest BCUT2D eigenvalue weighted by Crippen LogP contribution is 2.17. The first-order valence-electron chi connectivity index (χ1n) is 4.76. The molecule has 0 aliphatic rings. The van der Waals surface area contributed by atoms with Gasteiger partial charge < -0.3 is 9.47 Å². The van der Waals surface area contributed by atoms with Crippen LogP contribution < -0.4 is 4.74 Å². The van der Waals surface area contributed by atoms with E-state index in [0.717, 1.165) is 0 Å². The van der Waals surface area contributed by atoms with Gasteiger partial charge in [0.1, 0.15) is 5.75 Å². The minimum absolute atomic E-state index is 0.250. The van der Waals surface area contributed by atoms with Crippen LogP contribution in [-0.4, -0.2) is 19.2 Å². The zero-order chi connectivity index (χ0) is 11.1. The SMILES string of the molecule is CCOC(=O)CCOc1cccc(Cl)c1. The molecule has 82 valence electrons. The van der Waals surface area contributed by atoms with Crippen molar-refractivity contribution in [3.63, 3.8) is 0 Å². The van der Waals surface area contributed by atoms with Gasteiger partial charge in [0, 0.05) is 5.02 Å². The summed E-state index contributed by atoms with van der Waals surface area (Å²) in [4.78, 5) is 11.0. The van der Waals surface area contributed by atoms with Crippen molar-refractivity contribution in [2.75, 3.05) is 13.2 Å². The molecule has 0 amide bonds. The zero-order valence-electron chi connectivity index (χ0n) is 8.53. The number of benzene rings is 1. The number of hydrogen-bond acceptors (Lipinski definition) is 3. The van der Waals surface area contributed by atoms with Crippen LogP contribution in [0.25, 0.3) is 0 Å². The van der Waals surface area contributed by atoms with E-state index in [4.69, 9.17) is 21.1 Å². The molecule has 0 bridgehead atoms. The molecule has 0 fully saturated rings. The molecule has 0 atom stereocenters. The largest absolute Gasteiger partial charge is 0.493 e. The van der Waals surface area contributed by atoms with E-state index in [2.05, 4.69) is 0 Å². The van der Waals surface area contributed by atoms with Crippen molar-refractivity contribution >= 4 is 17.6 Å². The van der Waals surface area contributed by atoms with Crippen molar-refractivity contribution in [3.8, 4) is 5.75 Å². The van der Waals surface area contributed by atoms with Gasteiger partial charge in [0.25, 0.3) is 0 Å². The van der Waals surface area contributed by atoms with Crippen LogP contribution in [0.3, 0.4) is 0 Å². The molecule has 0 aliphatic carbocycles. The average Bonchev–Trinajstić information content (AvgIpc) is 2.18. The van der Waals surface area contributed by atoms with Gasteiger partial charge in [-0.2, -0.15) is 0 Å². The van der Waals surface area contributed by atoms with Gasteiger partial charge in [-0.05, 0) is 25.1 Å². The van der Waals surface area contributed by atoms with Crippen LogP contribution in [0.4, 0.5) is 0 Å². The van der Waals surface area contributed by atoms with E-state index in [1.54, 1.807) is 31.2 Å². The maximum absolute atomic E-state index is 11.0. The molecule has 0 heterocycles. The Morgan fingerprint density at radius 2 is 2.27 bits per heavy atom. The summed E-state index contributed by atoms with van der Waals surface area (Å²) in [6.45, 7) is 2.48. The van der Waals surface area contributed by atoms with Crippen LogP contribution in [0.1, 0.15) is 13.3 Å². The number of carbonyl (C=O) groups is 1. The van der Waals surface area contributed by atoms with Gasteiger partial charge >= 0.3 is 5.97 Å². The Labute approximate surface area is 93.9 Å². The Bertz CT molecular complexity index is 325. The molecule has 0 N–H and O–H groups in total. The zero-order valence-corrected chi connectivity index (χ0v) is 9.29. The van der Waals surface area contributed by atoms with Crippen molar-refractivity contribution in [2.24, 2.45) is 0 Å². The first-order valence-corrected chi connectivity index (χ1v) is 5.14. The Balaban J connectivity index is 2.28. The molecule has 0 spiro atoms. The summed E-state index contributed by atoms with van der Waals surface area (Å²) in [5, 5.41) is 0.614. The summed E-state index contributed by atoms with van der Waals surface area (Å²) in [5.41, 5.74) is 0. The average molecular weight is 229 g/mol. The second kappa shape index (κ2) is 6.30. The highest BCUT2D eigenvalue weighted by atomic mass is 35.5. The molecule has 0 aromatic heterocycles. The van der Waals surface area contributed by atoms with Crippen molar-refractivity contribution in [1.82, 2.24) is 0 Å². The van der Waals surface area contributed by atoms with Gasteiger partial charge in [0.15, 0.2) is 0 Å². The molecule has 3 nitrogen and oxygen atoms in total. The summed E-state index contributed by atoms with van der Waals surface area (Å²) < 4.78 is 10.1. The minimum atomic E-state index is -0.250. The smallest absolute Gasteiger partial charge is 0.309 e. The van der Waals surface area contributed by atoms with E-state index in [1.165, 1.54) is 0 Å². The number of ether oxygens (including phenoxy) is 2. The normalized spacial score (nSPS) is 9.73. The van der Waals surface area contributed by atoms with Gasteiger partial charge in [0.05, 0.1) is 19.6 Å². The van der Waals surface area contributed by atoms with Crippen LogP contribution in [0, 0.1) is 0 Å². The quantitative estimate of drug-likeness (QED) is 0.727. The van der Waals surface area contributed by atoms with E-state index in [-0.39, 0.29) is 12.4 Å². The van der Waals surface area contributed by atoms with Crippen LogP contribution >= 0.6 is 11.6 Å². The standard InChI is InChI=1S/C11H13ClO3/c1-2-14-11(13)6-7-15-10-5-3-4-9(12)8-10/h3-5,8H,2,6-7H2,1H3. The first-order chi connectivity index (χ1) is 7.22. The molecule has 0 radical (unpaired) electrons. The Morgan fingerprint density at radius 3 is 2.93 bits per heavy atom. The summed E-state index contributed by atoms with van der Waals surface area (Å²) >= 11 is 5.76. The second-order valence-corrected chi connectivity index (χ2v) is 3.30. The highest BCUT2D eigenvalue weighted by Gasteiger charge is 2.01. The molecule has 1 aromatic carbocycles. The lowest BCUT2D eigenvalue weighted by Crippen LogP contribution is -2.09. The fraction of sp³-hybridized carbons (Fsp3) is 0.364. The van der Waals surface area contributed by atoms with Gasteiger partial charge in [-0.15, -0.1) is 0 Å². The van der Waals surface area contributed by atoms with E-state index in [0.29, 0.717) is 24.0 Å². The van der Waals surface area contributed by atoms with Crippen molar-refractivity contribution in [1.29, 1.82) is 0 Å². The highest BCUT2D eigenvalue weighted by molar-refractivity contribution is 6.30. The van der Waals surface area contributed by atoms with Crippen molar-refractivity contribution in [2.45, 2.75) is 13.3 Å². The molecule has 0 saturated carbocycles. The third kappa shape index (κ3) is 4.70. The summed E-state index contributed by atoms with van der Waals surface area (Å²) in [5.74, 6) is 0.409. The van der Waals surface area contributed by atoms with Gasteiger partial charge in [-0.3, -0.25) is 4.79 Å². The third-order valence-electron chi connectivity index (χ3n) is 1.68. The fourth-order valence-corrected chi connectivity index (χ4v) is 1.22. The number of rotatable bonds is 5. The predicted octanol–water partition coefficient (Wildman–Crippen LogP) is 2.67. The van der Waals surface area contributed by atoms with Gasteiger partial charge in [-0.1, -0.05) is 17.7 Å². The number of hydrogen-bond donors (Lipinski definition) is 0. The lowest BCUT2D eigenvalue weighted by atomic mass is 10.3. The Hall–Kier alpha value is -1.22. The molecule has 4 heteroatoms. The van der Waals surface area contributed by atoms with Gasteiger partial charge in [-0.25, -0.2) is 0 Å². The molecule has 0 saturated heterocycles. The van der Waals surface area contributed by atoms with E-state index < -0.39 is 0 Å². The van der Waals surface area contributed by atoms with E-state index >= 15 is 0 Å². The molecule has 15 heavy (non-hydrogen) atoms. The predicted molar refractivity (Wildman–Crippen MR) is 58.2 cm³/mol. The topological polar surface area (TPSA) is 35.5 Å². The molecule has 0 unspecified atom stereocenters. The molecular weight excluding hydrogens is 216 g/mol. The monoisotopic (exact) mass is 228 g/mol. The number of esters is 1. The van der Waals surface area contributed by atoms with Crippen LogP contribution in [0.5, 0.6) is 5.75 Å². The van der Waals surface area contributed by atoms with Crippen molar-refractivity contribution < 1.29 is 14.3 Å². The van der Waals surface area contributed by atoms with Crippen LogP contribution in [0.15, 0.2) is 24.3 Å². The van der Waals surface area contributed by atoms with Crippen LogP contribution in [-0.2, 0) is 9.53 Å². The lowest BCUT2D eigenvalue weighted by molar-refractivity contribution is -0.143. The number of halogens is 1. The summed E-state index contributed by atoms with van der Waals surface area (Å²) in [7, 11) is 0. The second-order valence-electron chi connectivity index (χ2n) is 2.86. The fourth-order valence-electron chi connectivity index (χ4n) is 1.04. The Morgan fingerprint density at radius 1 is 1.47 bits per heavy atom. The molecule has 0 aliphatic heterocycles. The lowest BCUT2D eigenvalue weighted by Gasteiger charge is -2.05. The third-order valence-corrected chi connectivity index (χ3v) is 1.91. The first kappa shape index (κ1) is 11.9. The number of carbonyl (C=O) groups excluding carboxylic acids is 1. The van der Waals surface area contributed by atoms with E-state index in [1.807, 2.05) is 0 Å². The summed E-state index contributed by atoms with van der Waals surface area (Å²) in [6, 6.07) is 7.05. The Kier molecular flexibility index (Phi) is 4.98. The maximum atomic E-state index is 11.0. The van der Waals surface area contributed by atoms with Crippen LogP contribution in [0.2, 0.25) is 5.02 Å². The molecule has 1 aromatic rings. The van der Waals surface area contributed by atoms with Crippen molar-refractivity contribution in [3.05, 3.63) is 29.3 Å². The minimum Gasteiger partial charge on any atom is -0.493 e. The maximum Gasteiger partial charge on any atom is 0.309 e. The van der Waals surface area contributed by atoms with E-state index in [9.17, 15) is 4.79 Å².